The smallest absolute Gasteiger partial charge is 0.292 e. The molecule has 1 saturated heterocycles. The average molecular weight is 405 g/mol. The van der Waals surface area contributed by atoms with E-state index in [1.54, 1.807) is 6.92 Å². The molecular weight excluding hydrogens is 382 g/mol. The number of para-hydroxylation sites is 1. The number of carbonyl (C=O) groups is 1. The Morgan fingerprint density at radius 1 is 1.00 bits per heavy atom. The van der Waals surface area contributed by atoms with Gasteiger partial charge in [0.2, 0.25) is 12.6 Å². The van der Waals surface area contributed by atoms with Crippen LogP contribution in [0.4, 0.5) is 0 Å². The Hall–Kier alpha value is -3.32. The zero-order chi connectivity index (χ0) is 20.5. The predicted octanol–water partition coefficient (Wildman–Crippen LogP) is 3.34. The Bertz CT molecular complexity index is 1060. The van der Waals surface area contributed by atoms with E-state index in [0.717, 1.165) is 42.3 Å². The van der Waals surface area contributed by atoms with Crippen molar-refractivity contribution in [1.82, 2.24) is 14.8 Å². The second-order valence-corrected chi connectivity index (χ2v) is 7.50. The van der Waals surface area contributed by atoms with Gasteiger partial charge >= 0.3 is 0 Å². The van der Waals surface area contributed by atoms with Crippen molar-refractivity contribution in [2.24, 2.45) is 0 Å². The Labute approximate surface area is 174 Å². The van der Waals surface area contributed by atoms with Crippen molar-refractivity contribution in [2.45, 2.75) is 13.5 Å². The standard InChI is InChI=1S/C23H23N3O4/c1-16-24-20(17-6-3-2-4-7-17)22(30-16)23(27)26-12-10-25(11-13-26)14-18-8-5-9-19-21(18)29-15-28-19/h2-9H,10-15H2,1H3. The first-order valence-corrected chi connectivity index (χ1v) is 10.1. The molecular formula is C23H23N3O4. The highest BCUT2D eigenvalue weighted by atomic mass is 16.7. The normalized spacial score (nSPS) is 16.1. The summed E-state index contributed by atoms with van der Waals surface area (Å²) in [5.41, 5.74) is 2.61. The van der Waals surface area contributed by atoms with Crippen LogP contribution in [0, 0.1) is 6.92 Å². The summed E-state index contributed by atoms with van der Waals surface area (Å²) in [6.07, 6.45) is 0. The van der Waals surface area contributed by atoms with Gasteiger partial charge in [-0.3, -0.25) is 9.69 Å². The van der Waals surface area contributed by atoms with Crippen molar-refractivity contribution in [3.63, 3.8) is 0 Å². The van der Waals surface area contributed by atoms with E-state index < -0.39 is 0 Å². The summed E-state index contributed by atoms with van der Waals surface area (Å²) in [7, 11) is 0. The average Bonchev–Trinajstić information content (AvgIpc) is 3.42. The molecule has 154 valence electrons. The number of hydrogen-bond acceptors (Lipinski definition) is 6. The van der Waals surface area contributed by atoms with Gasteiger partial charge in [0.05, 0.1) is 0 Å². The molecule has 2 aromatic carbocycles. The maximum atomic E-state index is 13.2. The van der Waals surface area contributed by atoms with Crippen molar-refractivity contribution in [3.05, 3.63) is 65.7 Å². The van der Waals surface area contributed by atoms with E-state index in [4.69, 9.17) is 13.9 Å². The molecule has 3 aromatic rings. The fraction of sp³-hybridized carbons (Fsp3) is 0.304. The molecule has 30 heavy (non-hydrogen) atoms. The van der Waals surface area contributed by atoms with Gasteiger partial charge in [-0.1, -0.05) is 42.5 Å². The zero-order valence-electron chi connectivity index (χ0n) is 16.8. The largest absolute Gasteiger partial charge is 0.454 e. The zero-order valence-corrected chi connectivity index (χ0v) is 16.8. The molecule has 0 atom stereocenters. The van der Waals surface area contributed by atoms with E-state index in [1.165, 1.54) is 0 Å². The van der Waals surface area contributed by atoms with Crippen LogP contribution >= 0.6 is 0 Å². The molecule has 0 N–H and O–H groups in total. The SMILES string of the molecule is Cc1nc(-c2ccccc2)c(C(=O)N2CCN(Cc3cccc4c3OCO4)CC2)o1. The first-order valence-electron chi connectivity index (χ1n) is 10.1. The highest BCUT2D eigenvalue weighted by Gasteiger charge is 2.29. The molecule has 0 spiro atoms. The number of benzene rings is 2. The van der Waals surface area contributed by atoms with Crippen LogP contribution in [0.25, 0.3) is 11.3 Å². The molecule has 2 aliphatic heterocycles. The van der Waals surface area contributed by atoms with E-state index in [9.17, 15) is 4.79 Å². The molecule has 5 rings (SSSR count). The number of amides is 1. The molecule has 0 radical (unpaired) electrons. The van der Waals surface area contributed by atoms with E-state index in [1.807, 2.05) is 47.4 Å². The van der Waals surface area contributed by atoms with Crippen molar-refractivity contribution < 1.29 is 18.7 Å². The maximum absolute atomic E-state index is 13.2. The van der Waals surface area contributed by atoms with Gasteiger partial charge in [0.25, 0.3) is 5.91 Å². The molecule has 0 unspecified atom stereocenters. The second kappa shape index (κ2) is 7.84. The van der Waals surface area contributed by atoms with Crippen molar-refractivity contribution in [1.29, 1.82) is 0 Å². The quantitative estimate of drug-likeness (QED) is 0.663. The summed E-state index contributed by atoms with van der Waals surface area (Å²) in [5, 5.41) is 0. The molecule has 0 bridgehead atoms. The topological polar surface area (TPSA) is 68.0 Å². The van der Waals surface area contributed by atoms with Crippen molar-refractivity contribution in [3.8, 4) is 22.8 Å². The third-order valence-electron chi connectivity index (χ3n) is 5.51. The maximum Gasteiger partial charge on any atom is 0.292 e. The first kappa shape index (κ1) is 18.7. The lowest BCUT2D eigenvalue weighted by Crippen LogP contribution is -2.48. The summed E-state index contributed by atoms with van der Waals surface area (Å²) in [6, 6.07) is 15.7. The van der Waals surface area contributed by atoms with Gasteiger partial charge in [0.15, 0.2) is 17.4 Å². The lowest BCUT2D eigenvalue weighted by Gasteiger charge is -2.34. The first-order chi connectivity index (χ1) is 14.7. The monoisotopic (exact) mass is 405 g/mol. The number of ether oxygens (including phenoxy) is 2. The fourth-order valence-corrected chi connectivity index (χ4v) is 3.97. The van der Waals surface area contributed by atoms with E-state index in [-0.39, 0.29) is 12.7 Å². The van der Waals surface area contributed by atoms with Gasteiger partial charge in [-0.15, -0.1) is 0 Å². The van der Waals surface area contributed by atoms with E-state index in [2.05, 4.69) is 16.0 Å². The Morgan fingerprint density at radius 3 is 2.60 bits per heavy atom. The Morgan fingerprint density at radius 2 is 1.80 bits per heavy atom. The number of hydrogen-bond donors (Lipinski definition) is 0. The van der Waals surface area contributed by atoms with Gasteiger partial charge in [0.1, 0.15) is 5.69 Å². The van der Waals surface area contributed by atoms with Crippen LogP contribution in [0.2, 0.25) is 0 Å². The van der Waals surface area contributed by atoms with Gasteiger partial charge in [-0.05, 0) is 6.07 Å². The lowest BCUT2D eigenvalue weighted by molar-refractivity contribution is 0.0596. The summed E-state index contributed by atoms with van der Waals surface area (Å²) < 4.78 is 16.8. The fourth-order valence-electron chi connectivity index (χ4n) is 3.97. The van der Waals surface area contributed by atoms with E-state index >= 15 is 0 Å². The van der Waals surface area contributed by atoms with Gasteiger partial charge in [-0.2, -0.15) is 0 Å². The van der Waals surface area contributed by atoms with Crippen LogP contribution in [0.15, 0.2) is 52.9 Å². The molecule has 2 aliphatic rings. The third-order valence-corrected chi connectivity index (χ3v) is 5.51. The lowest BCUT2D eigenvalue weighted by atomic mass is 10.1. The summed E-state index contributed by atoms with van der Waals surface area (Å²) in [4.78, 5) is 21.8. The summed E-state index contributed by atoms with van der Waals surface area (Å²) in [5.74, 6) is 2.34. The van der Waals surface area contributed by atoms with Crippen LogP contribution in [0.1, 0.15) is 22.0 Å². The van der Waals surface area contributed by atoms with Crippen LogP contribution in [-0.4, -0.2) is 53.7 Å². The number of piperazine rings is 1. The minimum absolute atomic E-state index is 0.105. The number of aryl methyl sites for hydroxylation is 1. The number of fused-ring (bicyclic) bond motifs is 1. The summed E-state index contributed by atoms with van der Waals surface area (Å²) >= 11 is 0. The molecule has 1 aromatic heterocycles. The van der Waals surface area contributed by atoms with Crippen LogP contribution in [-0.2, 0) is 6.54 Å². The predicted molar refractivity (Wildman–Crippen MR) is 110 cm³/mol. The van der Waals surface area contributed by atoms with Crippen molar-refractivity contribution >= 4 is 5.91 Å². The molecule has 0 saturated carbocycles. The second-order valence-electron chi connectivity index (χ2n) is 7.50. The minimum Gasteiger partial charge on any atom is -0.454 e. The minimum atomic E-state index is -0.105. The Kier molecular flexibility index (Phi) is 4.88. The number of aromatic nitrogens is 1. The van der Waals surface area contributed by atoms with Crippen molar-refractivity contribution in [2.75, 3.05) is 33.0 Å². The molecule has 1 amide bonds. The molecule has 7 nitrogen and oxygen atoms in total. The molecule has 0 aliphatic carbocycles. The van der Waals surface area contributed by atoms with Crippen LogP contribution < -0.4 is 9.47 Å². The summed E-state index contributed by atoms with van der Waals surface area (Å²) in [6.45, 7) is 5.65. The highest BCUT2D eigenvalue weighted by Crippen LogP contribution is 2.36. The van der Waals surface area contributed by atoms with Gasteiger partial charge in [0, 0.05) is 50.8 Å². The number of carbonyl (C=O) groups excluding carboxylic acids is 1. The Balaban J connectivity index is 1.27. The number of oxazole rings is 1. The third kappa shape index (κ3) is 3.52. The molecule has 3 heterocycles. The number of rotatable bonds is 4. The van der Waals surface area contributed by atoms with E-state index in [0.29, 0.717) is 30.4 Å². The number of nitrogens with zero attached hydrogens (tertiary/aromatic N) is 3. The van der Waals surface area contributed by atoms with Crippen LogP contribution in [0.5, 0.6) is 11.5 Å². The molecule has 7 heteroatoms. The molecule has 1 fully saturated rings. The van der Waals surface area contributed by atoms with Gasteiger partial charge in [-0.25, -0.2) is 4.98 Å². The highest BCUT2D eigenvalue weighted by molar-refractivity contribution is 5.97. The van der Waals surface area contributed by atoms with Gasteiger partial charge < -0.3 is 18.8 Å². The van der Waals surface area contributed by atoms with Crippen LogP contribution in [0.3, 0.4) is 0 Å².